The lowest BCUT2D eigenvalue weighted by atomic mass is 9.67. The molecule has 3 rings (SSSR count). The van der Waals surface area contributed by atoms with Crippen LogP contribution in [-0.2, 0) is 33.6 Å². The molecule has 0 aromatic heterocycles. The van der Waals surface area contributed by atoms with Crippen molar-refractivity contribution < 1.29 is 23.8 Å². The summed E-state index contributed by atoms with van der Waals surface area (Å²) in [6, 6.07) is 13.2. The van der Waals surface area contributed by atoms with Gasteiger partial charge in [0.05, 0.1) is 21.3 Å². The first-order valence-corrected chi connectivity index (χ1v) is 8.43. The van der Waals surface area contributed by atoms with E-state index in [0.717, 1.165) is 16.7 Å². The summed E-state index contributed by atoms with van der Waals surface area (Å²) in [5, 5.41) is 0. The number of carbonyl (C=O) groups is 2. The summed E-state index contributed by atoms with van der Waals surface area (Å²) >= 11 is 0. The van der Waals surface area contributed by atoms with Gasteiger partial charge in [0.25, 0.3) is 0 Å². The van der Waals surface area contributed by atoms with Crippen LogP contribution in [0.1, 0.15) is 16.7 Å². The van der Waals surface area contributed by atoms with Crippen molar-refractivity contribution in [1.82, 2.24) is 0 Å². The van der Waals surface area contributed by atoms with Gasteiger partial charge in [0.2, 0.25) is 0 Å². The SMILES string of the molecule is COC(=O)C1(Cc2ccc(OC)c(OC)c2)Cc2ccccc2CC1=O. The number of carbonyl (C=O) groups excluding carboxylic acids is 2. The van der Waals surface area contributed by atoms with E-state index in [0.29, 0.717) is 17.9 Å². The minimum atomic E-state index is -1.22. The fourth-order valence-corrected chi connectivity index (χ4v) is 3.62. The number of ether oxygens (including phenoxy) is 3. The molecular weight excluding hydrogens is 332 g/mol. The molecular formula is C21H22O5. The lowest BCUT2D eigenvalue weighted by Crippen LogP contribution is -2.47. The van der Waals surface area contributed by atoms with Crippen LogP contribution in [0.25, 0.3) is 0 Å². The predicted octanol–water partition coefficient (Wildman–Crippen LogP) is 2.77. The first-order chi connectivity index (χ1) is 12.5. The first kappa shape index (κ1) is 18.0. The smallest absolute Gasteiger partial charge is 0.320 e. The molecule has 0 amide bonds. The fraction of sp³-hybridized carbons (Fsp3) is 0.333. The van der Waals surface area contributed by atoms with Gasteiger partial charge in [-0.05, 0) is 41.7 Å². The third-order valence-electron chi connectivity index (χ3n) is 5.03. The molecule has 0 spiro atoms. The summed E-state index contributed by atoms with van der Waals surface area (Å²) in [5.41, 5.74) is 1.59. The Morgan fingerprint density at radius 2 is 1.69 bits per heavy atom. The zero-order valence-corrected chi connectivity index (χ0v) is 15.2. The molecule has 0 fully saturated rings. The van der Waals surface area contributed by atoms with E-state index in [-0.39, 0.29) is 18.6 Å². The lowest BCUT2D eigenvalue weighted by Gasteiger charge is -2.34. The number of ketones is 1. The second kappa shape index (κ2) is 7.20. The largest absolute Gasteiger partial charge is 0.493 e. The number of fused-ring (bicyclic) bond motifs is 1. The van der Waals surface area contributed by atoms with Crippen molar-refractivity contribution in [3.63, 3.8) is 0 Å². The molecule has 5 heteroatoms. The number of hydrogen-bond acceptors (Lipinski definition) is 5. The highest BCUT2D eigenvalue weighted by molar-refractivity contribution is 6.06. The van der Waals surface area contributed by atoms with Gasteiger partial charge in [-0.15, -0.1) is 0 Å². The van der Waals surface area contributed by atoms with E-state index in [1.54, 1.807) is 26.4 Å². The van der Waals surface area contributed by atoms with Crippen LogP contribution in [0.4, 0.5) is 0 Å². The van der Waals surface area contributed by atoms with Crippen molar-refractivity contribution in [3.8, 4) is 11.5 Å². The maximum atomic E-state index is 13.0. The normalized spacial score (nSPS) is 18.8. The third-order valence-corrected chi connectivity index (χ3v) is 5.03. The van der Waals surface area contributed by atoms with Crippen LogP contribution in [-0.4, -0.2) is 33.1 Å². The quantitative estimate of drug-likeness (QED) is 0.610. The van der Waals surface area contributed by atoms with Crippen LogP contribution in [0.3, 0.4) is 0 Å². The fourth-order valence-electron chi connectivity index (χ4n) is 3.62. The predicted molar refractivity (Wildman–Crippen MR) is 96.6 cm³/mol. The number of esters is 1. The Kier molecular flexibility index (Phi) is 4.98. The molecule has 0 saturated carbocycles. The summed E-state index contributed by atoms with van der Waals surface area (Å²) in [7, 11) is 4.45. The standard InChI is InChI=1S/C21H22O5/c1-24-17-9-8-14(10-18(17)25-2)12-21(20(23)26-3)13-16-7-5-4-6-15(16)11-19(21)22/h4-10H,11-13H2,1-3H3. The Balaban J connectivity index is 2.02. The molecule has 0 aliphatic heterocycles. The number of methoxy groups -OCH3 is 3. The van der Waals surface area contributed by atoms with Crippen molar-refractivity contribution in [3.05, 3.63) is 59.2 Å². The van der Waals surface area contributed by atoms with Crippen molar-refractivity contribution in [2.75, 3.05) is 21.3 Å². The molecule has 1 aliphatic rings. The minimum Gasteiger partial charge on any atom is -0.493 e. The van der Waals surface area contributed by atoms with Gasteiger partial charge in [0, 0.05) is 6.42 Å². The van der Waals surface area contributed by atoms with Crippen LogP contribution in [0, 0.1) is 5.41 Å². The van der Waals surface area contributed by atoms with Gasteiger partial charge in [-0.3, -0.25) is 9.59 Å². The number of rotatable bonds is 5. The monoisotopic (exact) mass is 354 g/mol. The van der Waals surface area contributed by atoms with E-state index in [1.807, 2.05) is 30.3 Å². The Labute approximate surface area is 152 Å². The number of Topliss-reactive ketones (excluding diaryl/α,β-unsaturated/α-hetero) is 1. The topological polar surface area (TPSA) is 61.8 Å². The van der Waals surface area contributed by atoms with Crippen LogP contribution >= 0.6 is 0 Å². The summed E-state index contributed by atoms with van der Waals surface area (Å²) in [6.07, 6.45) is 0.828. The molecule has 2 aromatic rings. The van der Waals surface area contributed by atoms with E-state index in [2.05, 4.69) is 0 Å². The van der Waals surface area contributed by atoms with Gasteiger partial charge in [-0.2, -0.15) is 0 Å². The molecule has 26 heavy (non-hydrogen) atoms. The first-order valence-electron chi connectivity index (χ1n) is 8.43. The number of hydrogen-bond donors (Lipinski definition) is 0. The Bertz CT molecular complexity index is 842. The molecule has 0 N–H and O–H groups in total. The van der Waals surface area contributed by atoms with Crippen LogP contribution in [0.15, 0.2) is 42.5 Å². The zero-order chi connectivity index (χ0) is 18.7. The average Bonchev–Trinajstić information content (AvgIpc) is 2.67. The van der Waals surface area contributed by atoms with Gasteiger partial charge < -0.3 is 14.2 Å². The van der Waals surface area contributed by atoms with Crippen LogP contribution in [0.5, 0.6) is 11.5 Å². The second-order valence-electron chi connectivity index (χ2n) is 6.49. The minimum absolute atomic E-state index is 0.113. The van der Waals surface area contributed by atoms with E-state index in [4.69, 9.17) is 14.2 Å². The third kappa shape index (κ3) is 3.05. The van der Waals surface area contributed by atoms with Gasteiger partial charge in [-0.1, -0.05) is 30.3 Å². The molecule has 0 bridgehead atoms. The van der Waals surface area contributed by atoms with Crippen molar-refractivity contribution >= 4 is 11.8 Å². The van der Waals surface area contributed by atoms with Crippen molar-refractivity contribution in [1.29, 1.82) is 0 Å². The van der Waals surface area contributed by atoms with Gasteiger partial charge >= 0.3 is 5.97 Å². The molecule has 0 saturated heterocycles. The Morgan fingerprint density at radius 1 is 1.00 bits per heavy atom. The second-order valence-corrected chi connectivity index (χ2v) is 6.49. The highest BCUT2D eigenvalue weighted by Crippen LogP contribution is 2.38. The molecule has 2 aromatic carbocycles. The van der Waals surface area contributed by atoms with Gasteiger partial charge in [0.15, 0.2) is 17.3 Å². The molecule has 136 valence electrons. The van der Waals surface area contributed by atoms with Crippen molar-refractivity contribution in [2.45, 2.75) is 19.3 Å². The van der Waals surface area contributed by atoms with E-state index >= 15 is 0 Å². The summed E-state index contributed by atoms with van der Waals surface area (Å²) in [5.74, 6) is 0.557. The maximum Gasteiger partial charge on any atom is 0.320 e. The highest BCUT2D eigenvalue weighted by Gasteiger charge is 2.49. The summed E-state index contributed by atoms with van der Waals surface area (Å²) < 4.78 is 15.6. The lowest BCUT2D eigenvalue weighted by molar-refractivity contribution is -0.158. The van der Waals surface area contributed by atoms with E-state index in [9.17, 15) is 9.59 Å². The van der Waals surface area contributed by atoms with Crippen molar-refractivity contribution in [2.24, 2.45) is 5.41 Å². The zero-order valence-electron chi connectivity index (χ0n) is 15.2. The highest BCUT2D eigenvalue weighted by atomic mass is 16.5. The van der Waals surface area contributed by atoms with E-state index < -0.39 is 11.4 Å². The molecule has 1 aliphatic carbocycles. The number of benzene rings is 2. The molecule has 5 nitrogen and oxygen atoms in total. The van der Waals surface area contributed by atoms with Gasteiger partial charge in [0.1, 0.15) is 5.41 Å². The molecule has 1 atom stereocenters. The van der Waals surface area contributed by atoms with Crippen LogP contribution in [0.2, 0.25) is 0 Å². The summed E-state index contributed by atoms with van der Waals surface area (Å²) in [4.78, 5) is 25.7. The van der Waals surface area contributed by atoms with E-state index in [1.165, 1.54) is 7.11 Å². The molecule has 0 radical (unpaired) electrons. The Hall–Kier alpha value is -2.82. The maximum absolute atomic E-state index is 13.0. The molecule has 0 heterocycles. The van der Waals surface area contributed by atoms with Gasteiger partial charge in [-0.25, -0.2) is 0 Å². The molecule has 1 unspecified atom stereocenters. The van der Waals surface area contributed by atoms with Crippen LogP contribution < -0.4 is 9.47 Å². The summed E-state index contributed by atoms with van der Waals surface area (Å²) in [6.45, 7) is 0. The Morgan fingerprint density at radius 3 is 2.35 bits per heavy atom. The average molecular weight is 354 g/mol.